The third kappa shape index (κ3) is 6.23. The van der Waals surface area contributed by atoms with Gasteiger partial charge in [-0.05, 0) is 44.9 Å². The van der Waals surface area contributed by atoms with Gasteiger partial charge in [-0.25, -0.2) is 0 Å². The van der Waals surface area contributed by atoms with E-state index in [1.807, 2.05) is 0 Å². The highest BCUT2D eigenvalue weighted by Crippen LogP contribution is 2.16. The molecule has 1 aliphatic rings. The molecular weight excluding hydrogens is 204 g/mol. The van der Waals surface area contributed by atoms with Gasteiger partial charge in [-0.3, -0.25) is 0 Å². The maximum atomic E-state index is 10.8. The number of hydrogen-bond acceptors (Lipinski definition) is 3. The first kappa shape index (κ1) is 13.7. The molecule has 1 heterocycles. The number of ketones is 1. The molecule has 0 aromatic rings. The Balaban J connectivity index is 2.00. The minimum absolute atomic E-state index is 0.0176. The largest absolute Gasteiger partial charge is 0.353 e. The molecule has 1 fully saturated rings. The summed E-state index contributed by atoms with van der Waals surface area (Å²) >= 11 is 0. The van der Waals surface area contributed by atoms with E-state index in [9.17, 15) is 4.79 Å². The Labute approximate surface area is 98.5 Å². The van der Waals surface area contributed by atoms with Gasteiger partial charge in [0.05, 0.1) is 6.61 Å². The van der Waals surface area contributed by atoms with E-state index in [1.54, 1.807) is 6.92 Å². The van der Waals surface area contributed by atoms with Crippen molar-refractivity contribution in [2.75, 3.05) is 13.2 Å². The average molecular weight is 228 g/mol. The molecule has 94 valence electrons. The van der Waals surface area contributed by atoms with E-state index >= 15 is 0 Å². The van der Waals surface area contributed by atoms with Crippen molar-refractivity contribution in [2.24, 2.45) is 5.92 Å². The zero-order valence-electron chi connectivity index (χ0n) is 10.5. The lowest BCUT2D eigenvalue weighted by molar-refractivity contribution is -0.168. The van der Waals surface area contributed by atoms with E-state index in [2.05, 4.69) is 6.92 Å². The van der Waals surface area contributed by atoms with Crippen LogP contribution in [-0.4, -0.2) is 25.3 Å². The standard InChI is InChI=1S/C13H24O3/c1-11(6-5-7-12(2)14)10-16-13-8-3-4-9-15-13/h11,13H,3-10H2,1-2H3/t11-,13+/m1/s1. The average Bonchev–Trinajstić information content (AvgIpc) is 2.27. The fraction of sp³-hybridized carbons (Fsp3) is 0.923. The van der Waals surface area contributed by atoms with Gasteiger partial charge in [-0.2, -0.15) is 0 Å². The molecule has 0 aromatic heterocycles. The normalized spacial score (nSPS) is 23.0. The van der Waals surface area contributed by atoms with Crippen molar-refractivity contribution >= 4 is 5.78 Å². The summed E-state index contributed by atoms with van der Waals surface area (Å²) in [5.74, 6) is 0.800. The summed E-state index contributed by atoms with van der Waals surface area (Å²) in [6, 6.07) is 0. The third-order valence-corrected chi connectivity index (χ3v) is 2.93. The summed E-state index contributed by atoms with van der Waals surface area (Å²) in [6.07, 6.45) is 6.16. The van der Waals surface area contributed by atoms with Gasteiger partial charge < -0.3 is 14.3 Å². The van der Waals surface area contributed by atoms with Crippen LogP contribution in [0, 0.1) is 5.92 Å². The van der Waals surface area contributed by atoms with Crippen molar-refractivity contribution in [1.29, 1.82) is 0 Å². The molecule has 0 amide bonds. The highest BCUT2D eigenvalue weighted by Gasteiger charge is 2.15. The van der Waals surface area contributed by atoms with E-state index < -0.39 is 0 Å². The van der Waals surface area contributed by atoms with Crippen molar-refractivity contribution in [2.45, 2.75) is 58.7 Å². The molecule has 0 aromatic carbocycles. The molecule has 0 unspecified atom stereocenters. The molecule has 0 radical (unpaired) electrons. The van der Waals surface area contributed by atoms with Gasteiger partial charge in [-0.15, -0.1) is 0 Å². The highest BCUT2D eigenvalue weighted by atomic mass is 16.7. The zero-order chi connectivity index (χ0) is 11.8. The van der Waals surface area contributed by atoms with Gasteiger partial charge in [-0.1, -0.05) is 6.92 Å². The molecule has 0 aliphatic carbocycles. The van der Waals surface area contributed by atoms with Gasteiger partial charge in [0.2, 0.25) is 0 Å². The van der Waals surface area contributed by atoms with Crippen LogP contribution in [0.3, 0.4) is 0 Å². The highest BCUT2D eigenvalue weighted by molar-refractivity contribution is 5.75. The van der Waals surface area contributed by atoms with Crippen molar-refractivity contribution < 1.29 is 14.3 Å². The van der Waals surface area contributed by atoms with Crippen molar-refractivity contribution in [3.63, 3.8) is 0 Å². The van der Waals surface area contributed by atoms with Crippen LogP contribution in [0.1, 0.15) is 52.4 Å². The number of carbonyl (C=O) groups is 1. The molecule has 3 nitrogen and oxygen atoms in total. The molecule has 1 saturated heterocycles. The van der Waals surface area contributed by atoms with Crippen LogP contribution >= 0.6 is 0 Å². The molecule has 0 spiro atoms. The topological polar surface area (TPSA) is 35.5 Å². The fourth-order valence-electron chi connectivity index (χ4n) is 1.90. The van der Waals surface area contributed by atoms with Crippen molar-refractivity contribution in [3.8, 4) is 0 Å². The molecule has 1 rings (SSSR count). The summed E-state index contributed by atoms with van der Waals surface area (Å²) in [4.78, 5) is 10.8. The van der Waals surface area contributed by atoms with E-state index in [0.29, 0.717) is 12.3 Å². The maximum absolute atomic E-state index is 10.8. The number of carbonyl (C=O) groups excluding carboxylic acids is 1. The predicted molar refractivity (Wildman–Crippen MR) is 63.2 cm³/mol. The van der Waals surface area contributed by atoms with E-state index in [-0.39, 0.29) is 12.1 Å². The number of hydrogen-bond donors (Lipinski definition) is 0. The fourth-order valence-corrected chi connectivity index (χ4v) is 1.90. The Bertz CT molecular complexity index is 197. The molecule has 1 aliphatic heterocycles. The summed E-state index contributed by atoms with van der Waals surface area (Å²) in [7, 11) is 0. The molecular formula is C13H24O3. The second-order valence-corrected chi connectivity index (χ2v) is 4.83. The molecule has 0 saturated carbocycles. The summed E-state index contributed by atoms with van der Waals surface area (Å²) in [5, 5.41) is 0. The van der Waals surface area contributed by atoms with Gasteiger partial charge in [0.15, 0.2) is 6.29 Å². The summed E-state index contributed by atoms with van der Waals surface area (Å²) in [6.45, 7) is 5.41. The Hall–Kier alpha value is -0.410. The van der Waals surface area contributed by atoms with Crippen molar-refractivity contribution in [1.82, 2.24) is 0 Å². The maximum Gasteiger partial charge on any atom is 0.157 e. The van der Waals surface area contributed by atoms with Crippen LogP contribution in [0.5, 0.6) is 0 Å². The Morgan fingerprint density at radius 3 is 2.94 bits per heavy atom. The monoisotopic (exact) mass is 228 g/mol. The first-order chi connectivity index (χ1) is 7.68. The van der Waals surface area contributed by atoms with Crippen molar-refractivity contribution in [3.05, 3.63) is 0 Å². The minimum atomic E-state index is 0.0176. The van der Waals surface area contributed by atoms with E-state index in [1.165, 1.54) is 6.42 Å². The van der Waals surface area contributed by atoms with Gasteiger partial charge >= 0.3 is 0 Å². The SMILES string of the molecule is CC(=O)CCC[C@@H](C)CO[C@H]1CCCCO1. The van der Waals surface area contributed by atoms with Gasteiger partial charge in [0.25, 0.3) is 0 Å². The van der Waals surface area contributed by atoms with E-state index in [4.69, 9.17) is 9.47 Å². The van der Waals surface area contributed by atoms with Gasteiger partial charge in [0, 0.05) is 13.0 Å². The van der Waals surface area contributed by atoms with Crippen LogP contribution in [-0.2, 0) is 14.3 Å². The zero-order valence-corrected chi connectivity index (χ0v) is 10.5. The molecule has 0 bridgehead atoms. The second-order valence-electron chi connectivity index (χ2n) is 4.83. The third-order valence-electron chi connectivity index (χ3n) is 2.93. The number of rotatable bonds is 7. The van der Waals surface area contributed by atoms with Crippen LogP contribution in [0.25, 0.3) is 0 Å². The van der Waals surface area contributed by atoms with Crippen LogP contribution in [0.15, 0.2) is 0 Å². The Kier molecular flexibility index (Phi) is 6.65. The lowest BCUT2D eigenvalue weighted by atomic mass is 10.0. The second kappa shape index (κ2) is 7.80. The van der Waals surface area contributed by atoms with E-state index in [0.717, 1.165) is 38.9 Å². The number of ether oxygens (including phenoxy) is 2. The lowest BCUT2D eigenvalue weighted by Gasteiger charge is -2.24. The molecule has 16 heavy (non-hydrogen) atoms. The van der Waals surface area contributed by atoms with Gasteiger partial charge in [0.1, 0.15) is 5.78 Å². The Morgan fingerprint density at radius 1 is 1.50 bits per heavy atom. The number of Topliss-reactive ketones (excluding diaryl/α,β-unsaturated/α-hetero) is 1. The molecule has 2 atom stereocenters. The lowest BCUT2D eigenvalue weighted by Crippen LogP contribution is -2.24. The minimum Gasteiger partial charge on any atom is -0.353 e. The predicted octanol–water partition coefficient (Wildman–Crippen LogP) is 2.93. The first-order valence-corrected chi connectivity index (χ1v) is 6.41. The van der Waals surface area contributed by atoms with Crippen LogP contribution < -0.4 is 0 Å². The summed E-state index contributed by atoms with van der Waals surface area (Å²) < 4.78 is 11.2. The molecule has 0 N–H and O–H groups in total. The first-order valence-electron chi connectivity index (χ1n) is 6.41. The molecule has 3 heteroatoms. The van der Waals surface area contributed by atoms with Crippen LogP contribution in [0.2, 0.25) is 0 Å². The van der Waals surface area contributed by atoms with Crippen LogP contribution in [0.4, 0.5) is 0 Å². The quantitative estimate of drug-likeness (QED) is 0.672. The smallest absolute Gasteiger partial charge is 0.157 e. The summed E-state index contributed by atoms with van der Waals surface area (Å²) in [5.41, 5.74) is 0. The Morgan fingerprint density at radius 2 is 2.31 bits per heavy atom.